The lowest BCUT2D eigenvalue weighted by Gasteiger charge is -2.39. The van der Waals surface area contributed by atoms with E-state index in [0.717, 1.165) is 37.7 Å². The van der Waals surface area contributed by atoms with Crippen molar-refractivity contribution in [3.8, 4) is 0 Å². The molecule has 1 aromatic carbocycles. The van der Waals surface area contributed by atoms with Crippen LogP contribution < -0.4 is 10.2 Å². The van der Waals surface area contributed by atoms with E-state index >= 15 is 0 Å². The molecule has 156 valence electrons. The summed E-state index contributed by atoms with van der Waals surface area (Å²) in [5, 5.41) is 2.79. The van der Waals surface area contributed by atoms with Crippen LogP contribution in [0, 0.1) is 5.92 Å². The first-order valence-corrected chi connectivity index (χ1v) is 11.5. The maximum absolute atomic E-state index is 12.3. The van der Waals surface area contributed by atoms with Crippen molar-refractivity contribution in [1.29, 1.82) is 0 Å². The molecule has 4 heteroatoms. The molecule has 0 unspecified atom stereocenters. The number of nitrogens with zero attached hydrogens (tertiary/aromatic N) is 2. The van der Waals surface area contributed by atoms with Gasteiger partial charge < -0.3 is 10.2 Å². The summed E-state index contributed by atoms with van der Waals surface area (Å²) in [6, 6.07) is 6.43. The third kappa shape index (κ3) is 5.08. The van der Waals surface area contributed by atoms with Gasteiger partial charge in [0.05, 0.1) is 0 Å². The van der Waals surface area contributed by atoms with E-state index in [9.17, 15) is 4.79 Å². The first-order chi connectivity index (χ1) is 13.7. The van der Waals surface area contributed by atoms with Crippen molar-refractivity contribution in [1.82, 2.24) is 10.2 Å². The van der Waals surface area contributed by atoms with E-state index in [-0.39, 0.29) is 5.91 Å². The lowest BCUT2D eigenvalue weighted by atomic mass is 9.77. The standard InChI is InChI=1S/C24H39N3O/c1-4-6-13-26-14-16-27(17-15-26)23-18-21(24(28)25-3)11-12-22(23)20-9-7-19(5-2)8-10-20/h11-12,18-20H,4-10,13-17H2,1-3H3,(H,25,28). The van der Waals surface area contributed by atoms with E-state index in [2.05, 4.69) is 41.1 Å². The van der Waals surface area contributed by atoms with Crippen molar-refractivity contribution in [2.24, 2.45) is 5.92 Å². The smallest absolute Gasteiger partial charge is 0.251 e. The zero-order valence-corrected chi connectivity index (χ0v) is 18.2. The predicted octanol–water partition coefficient (Wildman–Crippen LogP) is 4.65. The Labute approximate surface area is 171 Å². The Kier molecular flexibility index (Phi) is 7.78. The number of rotatable bonds is 7. The van der Waals surface area contributed by atoms with E-state index < -0.39 is 0 Å². The van der Waals surface area contributed by atoms with Gasteiger partial charge in [0.1, 0.15) is 0 Å². The molecule has 0 spiro atoms. The number of carbonyl (C=O) groups excluding carboxylic acids is 1. The highest BCUT2D eigenvalue weighted by Crippen LogP contribution is 2.41. The lowest BCUT2D eigenvalue weighted by Crippen LogP contribution is -2.47. The fourth-order valence-corrected chi connectivity index (χ4v) is 4.92. The van der Waals surface area contributed by atoms with Gasteiger partial charge in [0, 0.05) is 44.5 Å². The maximum Gasteiger partial charge on any atom is 0.251 e. The van der Waals surface area contributed by atoms with Crippen LogP contribution in [0.4, 0.5) is 5.69 Å². The number of piperazine rings is 1. The van der Waals surface area contributed by atoms with Crippen LogP contribution in [-0.4, -0.2) is 50.6 Å². The highest BCUT2D eigenvalue weighted by atomic mass is 16.1. The van der Waals surface area contributed by atoms with Gasteiger partial charge in [-0.1, -0.05) is 32.8 Å². The number of nitrogens with one attached hydrogen (secondary N) is 1. The molecule has 3 rings (SSSR count). The molecule has 0 bridgehead atoms. The number of carbonyl (C=O) groups is 1. The first-order valence-electron chi connectivity index (χ1n) is 11.5. The molecule has 28 heavy (non-hydrogen) atoms. The number of hydrogen-bond acceptors (Lipinski definition) is 3. The molecule has 2 aliphatic rings. The molecule has 1 heterocycles. The molecule has 1 amide bonds. The Hall–Kier alpha value is -1.55. The Morgan fingerprint density at radius 1 is 1.07 bits per heavy atom. The van der Waals surface area contributed by atoms with Gasteiger partial charge >= 0.3 is 0 Å². The van der Waals surface area contributed by atoms with Gasteiger partial charge in [-0.05, 0) is 68.2 Å². The quantitative estimate of drug-likeness (QED) is 0.742. The summed E-state index contributed by atoms with van der Waals surface area (Å²) < 4.78 is 0. The number of hydrogen-bond donors (Lipinski definition) is 1. The monoisotopic (exact) mass is 385 g/mol. The second-order valence-corrected chi connectivity index (χ2v) is 8.66. The lowest BCUT2D eigenvalue weighted by molar-refractivity contribution is 0.0963. The van der Waals surface area contributed by atoms with Gasteiger partial charge in [-0.3, -0.25) is 9.69 Å². The Balaban J connectivity index is 1.78. The normalized spacial score (nSPS) is 23.6. The van der Waals surface area contributed by atoms with Crippen LogP contribution >= 0.6 is 0 Å². The number of unbranched alkanes of at least 4 members (excludes halogenated alkanes) is 1. The van der Waals surface area contributed by atoms with Crippen molar-refractivity contribution in [2.45, 2.75) is 64.7 Å². The van der Waals surface area contributed by atoms with Crippen molar-refractivity contribution in [3.05, 3.63) is 29.3 Å². The van der Waals surface area contributed by atoms with Gasteiger partial charge in [-0.25, -0.2) is 0 Å². The number of anilines is 1. The molecule has 4 nitrogen and oxygen atoms in total. The second kappa shape index (κ2) is 10.3. The minimum atomic E-state index is 0.0177. The second-order valence-electron chi connectivity index (χ2n) is 8.66. The molecule has 0 aromatic heterocycles. The molecule has 1 saturated heterocycles. The van der Waals surface area contributed by atoms with Crippen LogP contribution in [0.3, 0.4) is 0 Å². The van der Waals surface area contributed by atoms with Crippen LogP contribution in [0.15, 0.2) is 18.2 Å². The zero-order chi connectivity index (χ0) is 19.9. The zero-order valence-electron chi connectivity index (χ0n) is 18.2. The fourth-order valence-electron chi connectivity index (χ4n) is 4.92. The molecule has 1 aliphatic carbocycles. The van der Waals surface area contributed by atoms with Crippen LogP contribution in [0.5, 0.6) is 0 Å². The summed E-state index contributed by atoms with van der Waals surface area (Å²) in [7, 11) is 1.72. The van der Waals surface area contributed by atoms with Crippen LogP contribution in [-0.2, 0) is 0 Å². The van der Waals surface area contributed by atoms with Crippen molar-refractivity contribution in [3.63, 3.8) is 0 Å². The summed E-state index contributed by atoms with van der Waals surface area (Å²) in [6.07, 6.45) is 9.15. The molecule has 1 aliphatic heterocycles. The minimum absolute atomic E-state index is 0.0177. The third-order valence-corrected chi connectivity index (χ3v) is 6.92. The fraction of sp³-hybridized carbons (Fsp3) is 0.708. The first kappa shape index (κ1) is 21.2. The van der Waals surface area contributed by atoms with E-state index in [1.54, 1.807) is 7.05 Å². The summed E-state index contributed by atoms with van der Waals surface area (Å²) in [5.74, 6) is 1.57. The molecule has 1 aromatic rings. The Bertz CT molecular complexity index is 629. The highest BCUT2D eigenvalue weighted by Gasteiger charge is 2.27. The van der Waals surface area contributed by atoms with Gasteiger partial charge in [-0.2, -0.15) is 0 Å². The summed E-state index contributed by atoms with van der Waals surface area (Å²) >= 11 is 0. The molecule has 0 radical (unpaired) electrons. The Morgan fingerprint density at radius 2 is 1.79 bits per heavy atom. The summed E-state index contributed by atoms with van der Waals surface area (Å²) in [4.78, 5) is 17.4. The maximum atomic E-state index is 12.3. The summed E-state index contributed by atoms with van der Waals surface area (Å²) in [5.41, 5.74) is 3.58. The SMILES string of the molecule is CCCCN1CCN(c2cc(C(=O)NC)ccc2C2CCC(CC)CC2)CC1. The number of benzene rings is 1. The van der Waals surface area contributed by atoms with Crippen molar-refractivity contribution in [2.75, 3.05) is 44.7 Å². The van der Waals surface area contributed by atoms with Gasteiger partial charge in [0.2, 0.25) is 0 Å². The Morgan fingerprint density at radius 3 is 2.39 bits per heavy atom. The summed E-state index contributed by atoms with van der Waals surface area (Å²) in [6.45, 7) is 10.2. The van der Waals surface area contributed by atoms with E-state index in [1.807, 2.05) is 6.07 Å². The highest BCUT2D eigenvalue weighted by molar-refractivity contribution is 5.95. The predicted molar refractivity (Wildman–Crippen MR) is 118 cm³/mol. The average Bonchev–Trinajstić information content (AvgIpc) is 2.77. The molecule has 1 N–H and O–H groups in total. The molecule has 0 atom stereocenters. The minimum Gasteiger partial charge on any atom is -0.369 e. The van der Waals surface area contributed by atoms with E-state index in [0.29, 0.717) is 5.92 Å². The van der Waals surface area contributed by atoms with Crippen LogP contribution in [0.25, 0.3) is 0 Å². The molecule has 1 saturated carbocycles. The van der Waals surface area contributed by atoms with Crippen molar-refractivity contribution >= 4 is 11.6 Å². The van der Waals surface area contributed by atoms with Gasteiger partial charge in [-0.15, -0.1) is 0 Å². The van der Waals surface area contributed by atoms with E-state index in [4.69, 9.17) is 0 Å². The molecular weight excluding hydrogens is 346 g/mol. The molecule has 2 fully saturated rings. The largest absolute Gasteiger partial charge is 0.369 e. The average molecular weight is 386 g/mol. The van der Waals surface area contributed by atoms with Crippen LogP contribution in [0.2, 0.25) is 0 Å². The molecular formula is C24H39N3O. The third-order valence-electron chi connectivity index (χ3n) is 6.92. The number of amides is 1. The van der Waals surface area contributed by atoms with Gasteiger partial charge in [0.15, 0.2) is 0 Å². The van der Waals surface area contributed by atoms with Gasteiger partial charge in [0.25, 0.3) is 5.91 Å². The van der Waals surface area contributed by atoms with Crippen LogP contribution in [0.1, 0.15) is 80.6 Å². The van der Waals surface area contributed by atoms with E-state index in [1.165, 1.54) is 62.7 Å². The van der Waals surface area contributed by atoms with Crippen molar-refractivity contribution < 1.29 is 4.79 Å². The topological polar surface area (TPSA) is 35.6 Å².